The van der Waals surface area contributed by atoms with Crippen molar-refractivity contribution in [2.24, 2.45) is 5.92 Å². The van der Waals surface area contributed by atoms with E-state index in [1.807, 2.05) is 72.4 Å². The van der Waals surface area contributed by atoms with E-state index in [1.54, 1.807) is 5.48 Å². The maximum Gasteiger partial charge on any atom is 0.244 e. The van der Waals surface area contributed by atoms with Gasteiger partial charge >= 0.3 is 0 Å². The fourth-order valence-corrected chi connectivity index (χ4v) is 3.94. The van der Waals surface area contributed by atoms with Gasteiger partial charge in [-0.15, -0.1) is 11.3 Å². The minimum atomic E-state index is -0.523. The second-order valence-electron chi connectivity index (χ2n) is 5.75. The smallest absolute Gasteiger partial charge is 0.244 e. The quantitative estimate of drug-likeness (QED) is 0.463. The standard InChI is InChI=1S/C15H22ClN3O3S.3C2H6/c1-3-11(8-13(20)17-22)15(21)19-7-6-18(9-10(19)2)14-5-4-12(16)23-14;3*1-2/h4-5,10-11,22H,3,6-9H2,1-2H3,(H,17,20);3*1-2H3/t10?,11-;;;/m0.../s1. The van der Waals surface area contributed by atoms with Gasteiger partial charge < -0.3 is 9.80 Å². The van der Waals surface area contributed by atoms with E-state index in [9.17, 15) is 9.59 Å². The molecular formula is C21H40ClN3O3S. The van der Waals surface area contributed by atoms with E-state index in [0.29, 0.717) is 13.0 Å². The summed E-state index contributed by atoms with van der Waals surface area (Å²) >= 11 is 7.52. The number of piperazine rings is 1. The van der Waals surface area contributed by atoms with Crippen molar-refractivity contribution >= 4 is 39.8 Å². The second-order valence-corrected chi connectivity index (χ2v) is 7.44. The Balaban J connectivity index is 0. The number of amides is 2. The van der Waals surface area contributed by atoms with Gasteiger partial charge in [-0.1, -0.05) is 60.1 Å². The molecule has 0 saturated carbocycles. The molecule has 8 heteroatoms. The highest BCUT2D eigenvalue weighted by Gasteiger charge is 2.32. The van der Waals surface area contributed by atoms with Crippen molar-refractivity contribution in [2.45, 2.75) is 74.3 Å². The molecule has 170 valence electrons. The van der Waals surface area contributed by atoms with E-state index in [2.05, 4.69) is 4.90 Å². The Morgan fingerprint density at radius 1 is 1.21 bits per heavy atom. The van der Waals surface area contributed by atoms with Crippen LogP contribution < -0.4 is 10.4 Å². The van der Waals surface area contributed by atoms with E-state index in [1.165, 1.54) is 11.3 Å². The Morgan fingerprint density at radius 2 is 1.79 bits per heavy atom. The van der Waals surface area contributed by atoms with Crippen molar-refractivity contribution in [1.29, 1.82) is 0 Å². The Bertz CT molecular complexity index is 569. The summed E-state index contributed by atoms with van der Waals surface area (Å²) < 4.78 is 0.757. The van der Waals surface area contributed by atoms with Crippen LogP contribution in [0.3, 0.4) is 0 Å². The van der Waals surface area contributed by atoms with Gasteiger partial charge in [0.2, 0.25) is 11.8 Å². The summed E-state index contributed by atoms with van der Waals surface area (Å²) in [5.41, 5.74) is 1.60. The number of halogens is 1. The minimum absolute atomic E-state index is 0.0132. The molecule has 1 aliphatic heterocycles. The molecule has 1 aromatic rings. The van der Waals surface area contributed by atoms with Gasteiger partial charge in [-0.05, 0) is 25.5 Å². The van der Waals surface area contributed by atoms with Gasteiger partial charge in [-0.3, -0.25) is 14.8 Å². The first-order valence-electron chi connectivity index (χ1n) is 10.7. The highest BCUT2D eigenvalue weighted by molar-refractivity contribution is 7.19. The fourth-order valence-electron chi connectivity index (χ4n) is 2.87. The molecule has 0 spiro atoms. The molecule has 0 bridgehead atoms. The topological polar surface area (TPSA) is 72.9 Å². The van der Waals surface area contributed by atoms with Gasteiger partial charge in [-0.25, -0.2) is 5.48 Å². The zero-order chi connectivity index (χ0) is 23.0. The van der Waals surface area contributed by atoms with Crippen LogP contribution in [0.1, 0.15) is 68.2 Å². The third-order valence-corrected chi connectivity index (χ3v) is 5.47. The Labute approximate surface area is 186 Å². The van der Waals surface area contributed by atoms with Gasteiger partial charge in [0.1, 0.15) is 0 Å². The van der Waals surface area contributed by atoms with Crippen LogP contribution in [0.4, 0.5) is 5.00 Å². The number of anilines is 1. The lowest BCUT2D eigenvalue weighted by Gasteiger charge is -2.41. The summed E-state index contributed by atoms with van der Waals surface area (Å²) in [7, 11) is 0. The number of thiophene rings is 1. The molecule has 0 aromatic carbocycles. The maximum absolute atomic E-state index is 12.7. The number of hydrogen-bond acceptors (Lipinski definition) is 5. The zero-order valence-corrected chi connectivity index (χ0v) is 20.9. The van der Waals surface area contributed by atoms with Crippen LogP contribution in [0.25, 0.3) is 0 Å². The highest BCUT2D eigenvalue weighted by Crippen LogP contribution is 2.31. The molecule has 1 aromatic heterocycles. The summed E-state index contributed by atoms with van der Waals surface area (Å²) in [5, 5.41) is 9.76. The van der Waals surface area contributed by atoms with Crippen LogP contribution in [-0.2, 0) is 9.59 Å². The summed E-state index contributed by atoms with van der Waals surface area (Å²) in [6.45, 7) is 18.0. The summed E-state index contributed by atoms with van der Waals surface area (Å²) in [4.78, 5) is 28.1. The molecule has 29 heavy (non-hydrogen) atoms. The van der Waals surface area contributed by atoms with Crippen molar-refractivity contribution in [3.8, 4) is 0 Å². The summed E-state index contributed by atoms with van der Waals surface area (Å²) in [6, 6.07) is 3.94. The lowest BCUT2D eigenvalue weighted by atomic mass is 9.98. The zero-order valence-electron chi connectivity index (χ0n) is 19.3. The molecule has 6 nitrogen and oxygen atoms in total. The summed E-state index contributed by atoms with van der Waals surface area (Å²) in [6.07, 6.45) is 0.582. The van der Waals surface area contributed by atoms with Crippen molar-refractivity contribution in [2.75, 3.05) is 24.5 Å². The molecule has 2 amide bonds. The second kappa shape index (κ2) is 17.5. The number of nitrogens with zero attached hydrogens (tertiary/aromatic N) is 2. The van der Waals surface area contributed by atoms with Gasteiger partial charge in [0.25, 0.3) is 0 Å². The van der Waals surface area contributed by atoms with Gasteiger partial charge in [0, 0.05) is 38.0 Å². The van der Waals surface area contributed by atoms with E-state index >= 15 is 0 Å². The molecular weight excluding hydrogens is 410 g/mol. The van der Waals surface area contributed by atoms with E-state index < -0.39 is 11.8 Å². The van der Waals surface area contributed by atoms with E-state index in [-0.39, 0.29) is 18.4 Å². The molecule has 1 fully saturated rings. The van der Waals surface area contributed by atoms with Gasteiger partial charge in [-0.2, -0.15) is 0 Å². The largest absolute Gasteiger partial charge is 0.360 e. The average molecular weight is 450 g/mol. The average Bonchev–Trinajstić information content (AvgIpc) is 3.21. The number of hydroxylamine groups is 1. The molecule has 2 atom stereocenters. The van der Waals surface area contributed by atoms with Crippen LogP contribution in [-0.4, -0.2) is 47.6 Å². The van der Waals surface area contributed by atoms with Crippen molar-refractivity contribution < 1.29 is 14.8 Å². The summed E-state index contributed by atoms with van der Waals surface area (Å²) in [5.74, 6) is -0.940. The molecule has 0 radical (unpaired) electrons. The molecule has 2 heterocycles. The lowest BCUT2D eigenvalue weighted by molar-refractivity contribution is -0.142. The molecule has 2 rings (SSSR count). The monoisotopic (exact) mass is 449 g/mol. The van der Waals surface area contributed by atoms with Gasteiger partial charge in [0.15, 0.2) is 0 Å². The molecule has 0 aliphatic carbocycles. The van der Waals surface area contributed by atoms with Crippen molar-refractivity contribution in [1.82, 2.24) is 10.4 Å². The maximum atomic E-state index is 12.7. The number of carbonyl (C=O) groups is 2. The van der Waals surface area contributed by atoms with Crippen molar-refractivity contribution in [3.63, 3.8) is 0 Å². The van der Waals surface area contributed by atoms with Crippen LogP contribution in [0.15, 0.2) is 12.1 Å². The predicted molar refractivity (Wildman–Crippen MR) is 125 cm³/mol. The van der Waals surface area contributed by atoms with E-state index in [4.69, 9.17) is 16.8 Å². The SMILES string of the molecule is CC.CC.CC.CC[C@@H](CC(=O)NO)C(=O)N1CCN(c2ccc(Cl)s2)CC1C. The molecule has 1 saturated heterocycles. The molecule has 1 unspecified atom stereocenters. The highest BCUT2D eigenvalue weighted by atomic mass is 35.5. The van der Waals surface area contributed by atoms with E-state index in [0.717, 1.165) is 22.4 Å². The minimum Gasteiger partial charge on any atom is -0.360 e. The Hall–Kier alpha value is -1.31. The van der Waals surface area contributed by atoms with Crippen LogP contribution in [0.5, 0.6) is 0 Å². The Morgan fingerprint density at radius 3 is 2.21 bits per heavy atom. The van der Waals surface area contributed by atoms with Crippen LogP contribution in [0, 0.1) is 5.92 Å². The predicted octanol–water partition coefficient (Wildman–Crippen LogP) is 5.44. The molecule has 2 N–H and O–H groups in total. The van der Waals surface area contributed by atoms with Crippen LogP contribution >= 0.6 is 22.9 Å². The third-order valence-electron chi connectivity index (χ3n) is 4.18. The first kappa shape index (κ1) is 29.9. The van der Waals surface area contributed by atoms with Gasteiger partial charge in [0.05, 0.1) is 9.34 Å². The molecule has 1 aliphatic rings. The third kappa shape index (κ3) is 9.83. The van der Waals surface area contributed by atoms with Crippen LogP contribution in [0.2, 0.25) is 4.34 Å². The first-order valence-corrected chi connectivity index (χ1v) is 11.9. The normalized spacial score (nSPS) is 16.1. The number of nitrogens with one attached hydrogen (secondary N) is 1. The first-order chi connectivity index (χ1) is 14.0. The Kier molecular flexibility index (Phi) is 18.1. The number of carbonyl (C=O) groups excluding carboxylic acids is 2. The number of rotatable bonds is 5. The van der Waals surface area contributed by atoms with Crippen molar-refractivity contribution in [3.05, 3.63) is 16.5 Å². The fraction of sp³-hybridized carbons (Fsp3) is 0.714. The number of hydrogen-bond donors (Lipinski definition) is 2. The lowest BCUT2D eigenvalue weighted by Crippen LogP contribution is -2.55.